The molecule has 0 atom stereocenters. The minimum absolute atomic E-state index is 0.00111. The van der Waals surface area contributed by atoms with Gasteiger partial charge in [-0.2, -0.15) is 0 Å². The normalized spacial score (nSPS) is 19.0. The zero-order valence-corrected chi connectivity index (χ0v) is 15.6. The Morgan fingerprint density at radius 2 is 1.76 bits per heavy atom. The topological polar surface area (TPSA) is 69.7 Å². The third-order valence-electron chi connectivity index (χ3n) is 4.84. The summed E-state index contributed by atoms with van der Waals surface area (Å²) in [5.74, 6) is 0.880. The minimum Gasteiger partial charge on any atom is -0.334 e. The quantitative estimate of drug-likeness (QED) is 0.829. The molecule has 6 nitrogen and oxygen atoms in total. The van der Waals surface area contributed by atoms with Crippen molar-refractivity contribution in [2.45, 2.75) is 25.1 Å². The smallest absolute Gasteiger partial charge is 0.317 e. The Bertz CT molecular complexity index is 708. The highest BCUT2D eigenvalue weighted by molar-refractivity contribution is 7.89. The number of nitrogens with zero attached hydrogens (tertiary/aromatic N) is 2. The molecule has 1 aromatic rings. The lowest BCUT2D eigenvalue weighted by Crippen LogP contribution is -2.51. The number of rotatable bonds is 6. The summed E-state index contributed by atoms with van der Waals surface area (Å²) in [5, 5.41) is 2.94. The third kappa shape index (κ3) is 5.71. The first kappa shape index (κ1) is 18.2. The van der Waals surface area contributed by atoms with E-state index in [9.17, 15) is 13.2 Å². The van der Waals surface area contributed by atoms with Gasteiger partial charge in [0.2, 0.25) is 0 Å². The average molecular weight is 365 g/mol. The van der Waals surface area contributed by atoms with E-state index in [-0.39, 0.29) is 11.8 Å². The van der Waals surface area contributed by atoms with Gasteiger partial charge in [-0.15, -0.1) is 0 Å². The molecule has 2 amide bonds. The zero-order valence-electron chi connectivity index (χ0n) is 14.8. The number of carbonyl (C=O) groups is 1. The first-order chi connectivity index (χ1) is 11.9. The second kappa shape index (κ2) is 7.74. The zero-order chi connectivity index (χ0) is 17.9. The Balaban J connectivity index is 1.49. The Morgan fingerprint density at radius 3 is 2.36 bits per heavy atom. The van der Waals surface area contributed by atoms with Gasteiger partial charge < -0.3 is 10.2 Å². The highest BCUT2D eigenvalue weighted by Gasteiger charge is 2.27. The molecule has 0 radical (unpaired) electrons. The minimum atomic E-state index is -3.10. The summed E-state index contributed by atoms with van der Waals surface area (Å²) >= 11 is 0. The summed E-state index contributed by atoms with van der Waals surface area (Å²) in [5.41, 5.74) is 1.60. The summed E-state index contributed by atoms with van der Waals surface area (Å²) in [7, 11) is -3.10. The lowest BCUT2D eigenvalue weighted by atomic mass is 10.1. The van der Waals surface area contributed by atoms with Crippen molar-refractivity contribution in [2.24, 2.45) is 5.92 Å². The molecule has 1 N–H and O–H groups in total. The number of hydrogen-bond acceptors (Lipinski definition) is 4. The predicted octanol–water partition coefficient (Wildman–Crippen LogP) is 1.47. The molecule has 0 aromatic heterocycles. The molecule has 0 spiro atoms. The number of urea groups is 1. The van der Waals surface area contributed by atoms with Crippen molar-refractivity contribution in [1.29, 1.82) is 0 Å². The van der Waals surface area contributed by atoms with Crippen LogP contribution >= 0.6 is 0 Å². The van der Waals surface area contributed by atoms with Gasteiger partial charge in [-0.25, -0.2) is 13.2 Å². The van der Waals surface area contributed by atoms with Gasteiger partial charge >= 0.3 is 6.03 Å². The SMILES string of the molecule is CS(=O)(=O)Cc1ccccc1CNC(=O)N1CCN(CC2CC2)CC1. The molecule has 25 heavy (non-hydrogen) atoms. The summed E-state index contributed by atoms with van der Waals surface area (Å²) in [6, 6.07) is 7.29. The van der Waals surface area contributed by atoms with Crippen LogP contribution in [0.15, 0.2) is 24.3 Å². The molecule has 0 unspecified atom stereocenters. The molecular formula is C18H27N3O3S. The lowest BCUT2D eigenvalue weighted by molar-refractivity contribution is 0.136. The van der Waals surface area contributed by atoms with Gasteiger partial charge in [-0.05, 0) is 29.9 Å². The Morgan fingerprint density at radius 1 is 1.12 bits per heavy atom. The summed E-state index contributed by atoms with van der Waals surface area (Å²) in [6.45, 7) is 4.91. The fraction of sp³-hybridized carbons (Fsp3) is 0.611. The second-order valence-corrected chi connectivity index (χ2v) is 9.37. The van der Waals surface area contributed by atoms with E-state index in [2.05, 4.69) is 10.2 Å². The number of amides is 2. The third-order valence-corrected chi connectivity index (χ3v) is 5.67. The first-order valence-corrected chi connectivity index (χ1v) is 11.0. The van der Waals surface area contributed by atoms with Crippen LogP contribution in [0.25, 0.3) is 0 Å². The molecule has 138 valence electrons. The van der Waals surface area contributed by atoms with Crippen LogP contribution in [-0.4, -0.2) is 63.2 Å². The Kier molecular flexibility index (Phi) is 5.64. The molecule has 1 saturated carbocycles. The lowest BCUT2D eigenvalue weighted by Gasteiger charge is -2.34. The highest BCUT2D eigenvalue weighted by Crippen LogP contribution is 2.29. The molecule has 2 aliphatic rings. The number of sulfone groups is 1. The summed E-state index contributed by atoms with van der Waals surface area (Å²) in [4.78, 5) is 16.7. The van der Waals surface area contributed by atoms with Crippen LogP contribution in [0.5, 0.6) is 0 Å². The molecule has 2 fully saturated rings. The number of benzene rings is 1. The molecule has 1 heterocycles. The van der Waals surface area contributed by atoms with Crippen molar-refractivity contribution < 1.29 is 13.2 Å². The first-order valence-electron chi connectivity index (χ1n) is 8.90. The van der Waals surface area contributed by atoms with Gasteiger partial charge in [0.1, 0.15) is 0 Å². The molecule has 1 saturated heterocycles. The monoisotopic (exact) mass is 365 g/mol. The maximum absolute atomic E-state index is 12.4. The predicted molar refractivity (Wildman–Crippen MR) is 98.0 cm³/mol. The van der Waals surface area contributed by atoms with Crippen molar-refractivity contribution in [3.8, 4) is 0 Å². The van der Waals surface area contributed by atoms with Gasteiger partial charge in [-0.1, -0.05) is 24.3 Å². The standard InChI is InChI=1S/C18H27N3O3S/c1-25(23,24)14-17-5-3-2-4-16(17)12-19-18(22)21-10-8-20(9-11-21)13-15-6-7-15/h2-5,15H,6-14H2,1H3,(H,19,22). The molecule has 1 aliphatic carbocycles. The van der Waals surface area contributed by atoms with Gasteiger partial charge in [0, 0.05) is 45.5 Å². The Hall–Kier alpha value is -1.60. The van der Waals surface area contributed by atoms with E-state index in [1.165, 1.54) is 25.6 Å². The van der Waals surface area contributed by atoms with Crippen LogP contribution in [0.2, 0.25) is 0 Å². The summed E-state index contributed by atoms with van der Waals surface area (Å²) in [6.07, 6.45) is 3.94. The van der Waals surface area contributed by atoms with Crippen LogP contribution in [0.4, 0.5) is 4.79 Å². The van der Waals surface area contributed by atoms with E-state index in [1.54, 1.807) is 6.07 Å². The largest absolute Gasteiger partial charge is 0.334 e. The van der Waals surface area contributed by atoms with Gasteiger partial charge in [-0.3, -0.25) is 4.90 Å². The molecule has 1 aliphatic heterocycles. The van der Waals surface area contributed by atoms with Crippen LogP contribution in [-0.2, 0) is 22.1 Å². The van der Waals surface area contributed by atoms with Gasteiger partial charge in [0.05, 0.1) is 5.75 Å². The maximum Gasteiger partial charge on any atom is 0.317 e. The van der Waals surface area contributed by atoms with Crippen LogP contribution < -0.4 is 5.32 Å². The van der Waals surface area contributed by atoms with Crippen LogP contribution in [0.1, 0.15) is 24.0 Å². The molecule has 1 aromatic carbocycles. The number of piperazine rings is 1. The average Bonchev–Trinajstić information content (AvgIpc) is 3.37. The number of carbonyl (C=O) groups excluding carboxylic acids is 1. The van der Waals surface area contributed by atoms with E-state index < -0.39 is 9.84 Å². The van der Waals surface area contributed by atoms with Gasteiger partial charge in [0.25, 0.3) is 0 Å². The van der Waals surface area contributed by atoms with Crippen molar-refractivity contribution in [3.05, 3.63) is 35.4 Å². The van der Waals surface area contributed by atoms with Crippen LogP contribution in [0, 0.1) is 5.92 Å². The maximum atomic E-state index is 12.4. The van der Waals surface area contributed by atoms with Crippen molar-refractivity contribution in [3.63, 3.8) is 0 Å². The van der Waals surface area contributed by atoms with E-state index >= 15 is 0 Å². The Labute approximate surface area is 150 Å². The highest BCUT2D eigenvalue weighted by atomic mass is 32.2. The van der Waals surface area contributed by atoms with E-state index in [1.807, 2.05) is 23.1 Å². The number of nitrogens with one attached hydrogen (secondary N) is 1. The van der Waals surface area contributed by atoms with E-state index in [4.69, 9.17) is 0 Å². The molecule has 7 heteroatoms. The molecule has 0 bridgehead atoms. The molecular weight excluding hydrogens is 338 g/mol. The number of hydrogen-bond donors (Lipinski definition) is 1. The van der Waals surface area contributed by atoms with Crippen molar-refractivity contribution >= 4 is 15.9 Å². The van der Waals surface area contributed by atoms with Crippen molar-refractivity contribution in [1.82, 2.24) is 15.1 Å². The fourth-order valence-corrected chi connectivity index (χ4v) is 4.08. The molecule has 3 rings (SSSR count). The summed E-state index contributed by atoms with van der Waals surface area (Å²) < 4.78 is 23.1. The van der Waals surface area contributed by atoms with Crippen molar-refractivity contribution in [2.75, 3.05) is 39.0 Å². The van der Waals surface area contributed by atoms with E-state index in [0.717, 1.165) is 43.2 Å². The van der Waals surface area contributed by atoms with Crippen LogP contribution in [0.3, 0.4) is 0 Å². The second-order valence-electron chi connectivity index (χ2n) is 7.23. The fourth-order valence-electron chi connectivity index (χ4n) is 3.23. The van der Waals surface area contributed by atoms with E-state index in [0.29, 0.717) is 6.54 Å². The van der Waals surface area contributed by atoms with Gasteiger partial charge in [0.15, 0.2) is 9.84 Å².